The highest BCUT2D eigenvalue weighted by Crippen LogP contribution is 2.44. The number of azo groups is 4. The highest BCUT2D eigenvalue weighted by atomic mass is 35.5. The van der Waals surface area contributed by atoms with Crippen molar-refractivity contribution in [2.45, 2.75) is 63.4 Å². The van der Waals surface area contributed by atoms with E-state index in [0.717, 1.165) is 0 Å². The quantitative estimate of drug-likeness (QED) is 0.0162. The maximum atomic E-state index is 11.6. The maximum absolute atomic E-state index is 11.6. The zero-order chi connectivity index (χ0) is 58.8. The Labute approximate surface area is 478 Å². The summed E-state index contributed by atoms with van der Waals surface area (Å²) in [4.78, 5) is 5.54. The number of nitriles is 2. The van der Waals surface area contributed by atoms with Gasteiger partial charge in [-0.15, -0.1) is 49.1 Å². The van der Waals surface area contributed by atoms with Gasteiger partial charge in [-0.05, 0) is 141 Å². The standard InChI is InChI=1S/C51H49ClN12O12S5/c1-29-18-42(60-63-49-32(4)36(27-54)50-55-38-10-8-33(28-65)21-45(38)64(50)51(49)66)46(76-12-5-15-79(67,68)69)23-39(29)57-61-43-20-31(3)41(25-48(43)78-14-7-17-81(73,74)75)59-62-44-19-30(2)40(24-47(44)77-13-6-16-80(70,71)72)58-56-37-11-9-35(52)22-34(37)26-53/h8-11,18-25,65-66H,5-7,12-17,28H2,1-4H3,(H,67,68,69)(H,70,71,72)(H,73,74,75). The minimum Gasteiger partial charge on any atom is -0.493 e. The van der Waals surface area contributed by atoms with Crippen molar-refractivity contribution >= 4 is 128 Å². The molecule has 0 unspecified atom stereocenters. The predicted molar refractivity (Wildman–Crippen MR) is 306 cm³/mol. The van der Waals surface area contributed by atoms with Crippen LogP contribution >= 0.6 is 35.1 Å². The lowest BCUT2D eigenvalue weighted by Gasteiger charge is -2.12. The van der Waals surface area contributed by atoms with Crippen LogP contribution < -0.4 is 4.74 Å². The second-order valence-electron chi connectivity index (χ2n) is 17.9. The van der Waals surface area contributed by atoms with Gasteiger partial charge in [0.1, 0.15) is 34.8 Å². The van der Waals surface area contributed by atoms with Crippen molar-refractivity contribution in [1.29, 1.82) is 10.5 Å². The Kier molecular flexibility index (Phi) is 20.1. The van der Waals surface area contributed by atoms with Gasteiger partial charge in [0.15, 0.2) is 11.3 Å². The van der Waals surface area contributed by atoms with Crippen LogP contribution in [0.3, 0.4) is 0 Å². The van der Waals surface area contributed by atoms with Gasteiger partial charge in [0.2, 0.25) is 5.88 Å². The molecular formula is C51H49ClN12O12S5. The fourth-order valence-corrected chi connectivity index (χ4v) is 11.6. The lowest BCUT2D eigenvalue weighted by atomic mass is 10.1. The van der Waals surface area contributed by atoms with E-state index in [1.165, 1.54) is 40.1 Å². The number of aliphatic hydroxyl groups excluding tert-OH is 1. The van der Waals surface area contributed by atoms with Gasteiger partial charge in [-0.3, -0.25) is 18.1 Å². The van der Waals surface area contributed by atoms with Crippen molar-refractivity contribution < 1.29 is 53.9 Å². The number of fused-ring (bicyclic) bond motifs is 3. The molecule has 0 saturated carbocycles. The van der Waals surface area contributed by atoms with Crippen LogP contribution in [0.1, 0.15) is 58.2 Å². The van der Waals surface area contributed by atoms with Gasteiger partial charge in [-0.2, -0.15) is 51.1 Å². The molecule has 30 heteroatoms. The number of ether oxygens (including phenoxy) is 1. The zero-order valence-corrected chi connectivity index (χ0v) is 48.2. The van der Waals surface area contributed by atoms with E-state index in [-0.39, 0.29) is 94.8 Å². The van der Waals surface area contributed by atoms with Gasteiger partial charge < -0.3 is 14.9 Å². The van der Waals surface area contributed by atoms with Gasteiger partial charge in [0, 0.05) is 26.4 Å². The minimum absolute atomic E-state index is 0.0387. The Morgan fingerprint density at radius 2 is 1.12 bits per heavy atom. The summed E-state index contributed by atoms with van der Waals surface area (Å²) in [6, 6.07) is 23.4. The molecule has 7 rings (SSSR count). The lowest BCUT2D eigenvalue weighted by Crippen LogP contribution is -2.08. The predicted octanol–water partition coefficient (Wildman–Crippen LogP) is 13.4. The number of benzene rings is 5. The number of rotatable bonds is 24. The molecule has 422 valence electrons. The van der Waals surface area contributed by atoms with Crippen molar-refractivity contribution in [2.75, 3.05) is 35.4 Å². The number of thioether (sulfide) groups is 2. The third-order valence-corrected chi connectivity index (χ3v) is 16.7. The molecule has 0 fully saturated rings. The second-order valence-corrected chi connectivity index (χ2v) is 25.3. The first-order chi connectivity index (χ1) is 38.3. The molecule has 24 nitrogen and oxygen atoms in total. The fraction of sp³-hybridized carbons (Fsp3) is 0.275. The first-order valence-corrected chi connectivity index (χ1v) is 31.2. The maximum Gasteiger partial charge on any atom is 0.264 e. The Morgan fingerprint density at radius 3 is 1.65 bits per heavy atom. The number of pyridine rings is 1. The van der Waals surface area contributed by atoms with Crippen molar-refractivity contribution in [1.82, 2.24) is 9.38 Å². The Balaban J connectivity index is 1.25. The number of nitrogens with zero attached hydrogens (tertiary/aromatic N) is 12. The molecule has 5 aromatic carbocycles. The monoisotopic (exact) mass is 1220 g/mol. The molecule has 2 aromatic heterocycles. The number of hydrogen-bond acceptors (Lipinski definition) is 22. The molecule has 0 amide bonds. The van der Waals surface area contributed by atoms with Crippen molar-refractivity contribution in [3.63, 3.8) is 0 Å². The summed E-state index contributed by atoms with van der Waals surface area (Å²) in [5, 5.41) is 77.3. The van der Waals surface area contributed by atoms with Crippen LogP contribution in [0.15, 0.2) is 124 Å². The molecule has 0 aliphatic carbocycles. The summed E-state index contributed by atoms with van der Waals surface area (Å²) < 4.78 is 105. The molecule has 7 aromatic rings. The average molecular weight is 1220 g/mol. The molecule has 0 saturated heterocycles. The van der Waals surface area contributed by atoms with Crippen molar-refractivity contribution in [2.24, 2.45) is 40.9 Å². The van der Waals surface area contributed by atoms with Crippen LogP contribution in [0, 0.1) is 50.4 Å². The molecule has 0 atom stereocenters. The van der Waals surface area contributed by atoms with Crippen LogP contribution in [0.4, 0.5) is 45.5 Å². The minimum atomic E-state index is -4.34. The number of aromatic nitrogens is 2. The molecule has 0 bridgehead atoms. The zero-order valence-electron chi connectivity index (χ0n) is 43.4. The molecule has 0 radical (unpaired) electrons. The molecule has 5 N–H and O–H groups in total. The number of hydrogen-bond donors (Lipinski definition) is 5. The second kappa shape index (κ2) is 26.5. The summed E-state index contributed by atoms with van der Waals surface area (Å²) in [7, 11) is -12.8. The molecular weight excluding hydrogens is 1170 g/mol. The highest BCUT2D eigenvalue weighted by Gasteiger charge is 2.22. The highest BCUT2D eigenvalue weighted by molar-refractivity contribution is 7.99. The van der Waals surface area contributed by atoms with E-state index in [9.17, 15) is 59.6 Å². The molecule has 0 aliphatic heterocycles. The molecule has 2 heterocycles. The first-order valence-electron chi connectivity index (χ1n) is 24.1. The number of imidazole rings is 1. The number of aromatic hydroxyl groups is 1. The van der Waals surface area contributed by atoms with E-state index in [2.05, 4.69) is 52.0 Å². The SMILES string of the molecule is Cc1cc(N=Nc2cc(SCCCS(=O)(=O)O)c(N=Nc3cc(OCCCS(=O)(=O)O)c(N=Nc4c(C)c(C#N)c5nc6ccc(CO)cc6n5c4O)cc3C)cc2C)c(SCCCS(=O)(=O)O)cc1N=Nc1ccc(Cl)cc1C#N. The van der Waals surface area contributed by atoms with E-state index in [1.54, 1.807) is 88.4 Å². The van der Waals surface area contributed by atoms with Gasteiger partial charge in [0.05, 0.1) is 75.5 Å². The smallest absolute Gasteiger partial charge is 0.264 e. The van der Waals surface area contributed by atoms with Gasteiger partial charge in [-0.25, -0.2) is 4.98 Å². The molecule has 0 spiro atoms. The molecule has 81 heavy (non-hydrogen) atoms. The van der Waals surface area contributed by atoms with E-state index in [4.69, 9.17) is 16.3 Å². The lowest BCUT2D eigenvalue weighted by molar-refractivity contribution is 0.282. The number of aliphatic hydroxyl groups is 1. The van der Waals surface area contributed by atoms with Crippen molar-refractivity contribution in [3.05, 3.63) is 117 Å². The third-order valence-electron chi connectivity index (χ3n) is 11.8. The summed E-state index contributed by atoms with van der Waals surface area (Å²) in [6.45, 7) is 6.25. The Bertz CT molecular complexity index is 4160. The van der Waals surface area contributed by atoms with Crippen LogP contribution in [0.25, 0.3) is 16.7 Å². The van der Waals surface area contributed by atoms with Crippen LogP contribution in [0.2, 0.25) is 5.02 Å². The Hall–Kier alpha value is -7.29. The van der Waals surface area contributed by atoms with Crippen molar-refractivity contribution in [3.8, 4) is 23.8 Å². The third kappa shape index (κ3) is 16.4. The fourth-order valence-electron chi connectivity index (χ4n) is 7.69. The van der Waals surface area contributed by atoms with Gasteiger partial charge in [0.25, 0.3) is 30.4 Å². The van der Waals surface area contributed by atoms with E-state index < -0.39 is 53.5 Å². The summed E-state index contributed by atoms with van der Waals surface area (Å²) >= 11 is 8.50. The first kappa shape index (κ1) is 61.3. The average Bonchev–Trinajstić information content (AvgIpc) is 3.90. The van der Waals surface area contributed by atoms with E-state index in [1.807, 2.05) is 6.07 Å². The van der Waals surface area contributed by atoms with Gasteiger partial charge in [-0.1, -0.05) is 17.7 Å². The van der Waals surface area contributed by atoms with Crippen LogP contribution in [0.5, 0.6) is 11.6 Å². The largest absolute Gasteiger partial charge is 0.493 e. The summed E-state index contributed by atoms with van der Waals surface area (Å²) in [6.07, 6.45) is 0.0280. The van der Waals surface area contributed by atoms with Crippen LogP contribution in [-0.2, 0) is 37.0 Å². The summed E-state index contributed by atoms with van der Waals surface area (Å²) in [5.41, 5.74) is 5.75. The topological polar surface area (TPSA) is 377 Å². The van der Waals surface area contributed by atoms with Crippen LogP contribution in [-0.4, -0.2) is 93.9 Å². The number of halogens is 1. The number of aryl methyl sites for hydroxylation is 3. The van der Waals surface area contributed by atoms with E-state index in [0.29, 0.717) is 70.9 Å². The van der Waals surface area contributed by atoms with Gasteiger partial charge >= 0.3 is 0 Å². The molecule has 0 aliphatic rings. The summed E-state index contributed by atoms with van der Waals surface area (Å²) in [5.74, 6) is -1.51. The van der Waals surface area contributed by atoms with E-state index >= 15 is 0 Å². The Morgan fingerprint density at radius 1 is 0.617 bits per heavy atom. The normalized spacial score (nSPS) is 12.5.